The lowest BCUT2D eigenvalue weighted by Gasteiger charge is -2.41. The molecule has 2 N–H and O–H groups in total. The Bertz CT molecular complexity index is 1330. The summed E-state index contributed by atoms with van der Waals surface area (Å²) in [5, 5.41) is 15.5. The molecule has 1 fully saturated rings. The molecule has 7 nitrogen and oxygen atoms in total. The van der Waals surface area contributed by atoms with E-state index in [9.17, 15) is 14.7 Å². The predicted molar refractivity (Wildman–Crippen MR) is 135 cm³/mol. The Morgan fingerprint density at radius 2 is 1.77 bits per heavy atom. The van der Waals surface area contributed by atoms with Gasteiger partial charge < -0.3 is 10.0 Å². The SMILES string of the molecule is CNC1(N(C)C(=O)O)C(=O)N(C2CCN(C3Cc4cccc5cccc3c45)CC2)c2ccccc21. The minimum atomic E-state index is -1.41. The van der Waals surface area contributed by atoms with E-state index in [4.69, 9.17) is 0 Å². The molecule has 3 aromatic carbocycles. The molecule has 2 aliphatic heterocycles. The van der Waals surface area contributed by atoms with Crippen LogP contribution >= 0.6 is 0 Å². The number of carbonyl (C=O) groups is 2. The van der Waals surface area contributed by atoms with E-state index in [1.807, 2.05) is 29.2 Å². The molecule has 2 unspecified atom stereocenters. The van der Waals surface area contributed by atoms with E-state index in [1.54, 1.807) is 7.05 Å². The van der Waals surface area contributed by atoms with Crippen LogP contribution in [0.4, 0.5) is 10.5 Å². The van der Waals surface area contributed by atoms with Gasteiger partial charge >= 0.3 is 6.09 Å². The van der Waals surface area contributed by atoms with E-state index >= 15 is 0 Å². The molecule has 0 bridgehead atoms. The second kappa shape index (κ2) is 8.07. The molecule has 6 rings (SSSR count). The molecule has 2 atom stereocenters. The monoisotopic (exact) mass is 470 g/mol. The summed E-state index contributed by atoms with van der Waals surface area (Å²) in [6.07, 6.45) is 1.58. The number of anilines is 1. The molecule has 0 radical (unpaired) electrons. The van der Waals surface area contributed by atoms with Crippen molar-refractivity contribution in [3.63, 3.8) is 0 Å². The van der Waals surface area contributed by atoms with Crippen LogP contribution in [0.25, 0.3) is 10.8 Å². The van der Waals surface area contributed by atoms with Gasteiger partial charge in [0.2, 0.25) is 5.66 Å². The summed E-state index contributed by atoms with van der Waals surface area (Å²) < 4.78 is 0. The molecule has 35 heavy (non-hydrogen) atoms. The van der Waals surface area contributed by atoms with Crippen LogP contribution in [0.1, 0.15) is 35.6 Å². The first kappa shape index (κ1) is 22.1. The third-order valence-electron chi connectivity index (χ3n) is 8.33. The highest BCUT2D eigenvalue weighted by Gasteiger charge is 2.56. The van der Waals surface area contributed by atoms with Gasteiger partial charge in [-0.25, -0.2) is 4.79 Å². The zero-order valence-corrected chi connectivity index (χ0v) is 20.1. The third kappa shape index (κ3) is 3.04. The maximum Gasteiger partial charge on any atom is 0.409 e. The van der Waals surface area contributed by atoms with E-state index in [0.29, 0.717) is 11.6 Å². The second-order valence-corrected chi connectivity index (χ2v) is 9.84. The normalized spacial score (nSPS) is 24.2. The highest BCUT2D eigenvalue weighted by Crippen LogP contribution is 2.45. The molecular weight excluding hydrogens is 440 g/mol. The number of nitrogens with one attached hydrogen (secondary N) is 1. The van der Waals surface area contributed by atoms with Crippen molar-refractivity contribution in [3.05, 3.63) is 77.4 Å². The first-order valence-corrected chi connectivity index (χ1v) is 12.3. The van der Waals surface area contributed by atoms with E-state index in [2.05, 4.69) is 46.6 Å². The Kier molecular flexibility index (Phi) is 5.09. The summed E-state index contributed by atoms with van der Waals surface area (Å²) in [5.41, 5.74) is 2.91. The van der Waals surface area contributed by atoms with Gasteiger partial charge in [0.15, 0.2) is 0 Å². The Balaban J connectivity index is 1.26. The number of para-hydroxylation sites is 1. The molecular formula is C28H30N4O3. The van der Waals surface area contributed by atoms with Crippen LogP contribution in [-0.4, -0.2) is 60.1 Å². The van der Waals surface area contributed by atoms with Gasteiger partial charge in [0.1, 0.15) is 0 Å². The minimum Gasteiger partial charge on any atom is -0.465 e. The zero-order chi connectivity index (χ0) is 24.3. The van der Waals surface area contributed by atoms with Crippen LogP contribution in [0, 0.1) is 0 Å². The number of likely N-dealkylation sites (tertiary alicyclic amines) is 1. The topological polar surface area (TPSA) is 76.1 Å². The number of hydrogen-bond acceptors (Lipinski definition) is 4. The molecule has 1 aliphatic carbocycles. The van der Waals surface area contributed by atoms with Crippen LogP contribution < -0.4 is 10.2 Å². The largest absolute Gasteiger partial charge is 0.465 e. The Morgan fingerprint density at radius 1 is 1.06 bits per heavy atom. The molecule has 3 aromatic rings. The number of amides is 2. The Hall–Kier alpha value is -3.42. The number of benzene rings is 3. The van der Waals surface area contributed by atoms with E-state index < -0.39 is 11.8 Å². The van der Waals surface area contributed by atoms with Crippen molar-refractivity contribution in [2.24, 2.45) is 0 Å². The number of fused-ring (bicyclic) bond motifs is 1. The maximum atomic E-state index is 13.9. The summed E-state index contributed by atoms with van der Waals surface area (Å²) in [6, 6.07) is 21.1. The summed E-state index contributed by atoms with van der Waals surface area (Å²) in [4.78, 5) is 31.4. The maximum absolute atomic E-state index is 13.9. The van der Waals surface area contributed by atoms with Crippen molar-refractivity contribution in [1.82, 2.24) is 15.1 Å². The number of hydrogen-bond donors (Lipinski definition) is 2. The summed E-state index contributed by atoms with van der Waals surface area (Å²) in [7, 11) is 3.11. The van der Waals surface area contributed by atoms with Crippen molar-refractivity contribution in [3.8, 4) is 0 Å². The molecule has 180 valence electrons. The van der Waals surface area contributed by atoms with Gasteiger partial charge in [0, 0.05) is 37.8 Å². The van der Waals surface area contributed by atoms with Crippen LogP contribution in [0.2, 0.25) is 0 Å². The van der Waals surface area contributed by atoms with Crippen LogP contribution in [0.5, 0.6) is 0 Å². The van der Waals surface area contributed by atoms with E-state index in [1.165, 1.54) is 28.9 Å². The number of carboxylic acid groups (broad SMARTS) is 1. The molecule has 0 spiro atoms. The molecule has 2 heterocycles. The number of nitrogens with zero attached hydrogens (tertiary/aromatic N) is 3. The first-order valence-electron chi connectivity index (χ1n) is 12.3. The molecule has 0 aromatic heterocycles. The third-order valence-corrected chi connectivity index (χ3v) is 8.33. The van der Waals surface area contributed by atoms with Crippen LogP contribution in [0.15, 0.2) is 60.7 Å². The average molecular weight is 471 g/mol. The zero-order valence-electron chi connectivity index (χ0n) is 20.1. The predicted octanol–water partition coefficient (Wildman–Crippen LogP) is 3.93. The summed E-state index contributed by atoms with van der Waals surface area (Å²) in [5.74, 6) is -0.220. The van der Waals surface area contributed by atoms with Crippen molar-refractivity contribution in [1.29, 1.82) is 0 Å². The fraction of sp³-hybridized carbons (Fsp3) is 0.357. The Morgan fingerprint density at radius 3 is 2.49 bits per heavy atom. The molecule has 3 aliphatic rings. The van der Waals surface area contributed by atoms with Crippen molar-refractivity contribution in [2.75, 3.05) is 32.1 Å². The minimum absolute atomic E-state index is 0.0249. The van der Waals surface area contributed by atoms with Crippen molar-refractivity contribution >= 4 is 28.5 Å². The van der Waals surface area contributed by atoms with Gasteiger partial charge in [-0.1, -0.05) is 54.6 Å². The van der Waals surface area contributed by atoms with Gasteiger partial charge in [-0.15, -0.1) is 0 Å². The number of carbonyl (C=O) groups excluding carboxylic acids is 1. The summed E-state index contributed by atoms with van der Waals surface area (Å²) >= 11 is 0. The van der Waals surface area contributed by atoms with Crippen LogP contribution in [-0.2, 0) is 16.9 Å². The van der Waals surface area contributed by atoms with Gasteiger partial charge in [-0.05, 0) is 54.3 Å². The quantitative estimate of drug-likeness (QED) is 0.565. The highest BCUT2D eigenvalue weighted by atomic mass is 16.4. The molecule has 1 saturated heterocycles. The van der Waals surface area contributed by atoms with Gasteiger partial charge in [-0.2, -0.15) is 0 Å². The standard InChI is InChI=1S/C28H30N4O3/c1-29-28(30(2)27(34)35)22-11-3-4-12-23(22)32(26(28)33)20-13-15-31(16-14-20)24-17-19-9-5-7-18-8-6-10-21(24)25(18)19/h3-12,20,24,29H,13-17H2,1-2H3,(H,34,35). The molecule has 0 saturated carbocycles. The Labute approximate surface area is 204 Å². The fourth-order valence-electron chi connectivity index (χ4n) is 6.63. The lowest BCUT2D eigenvalue weighted by Crippen LogP contribution is -2.62. The van der Waals surface area contributed by atoms with Gasteiger partial charge in [-0.3, -0.25) is 19.9 Å². The molecule has 7 heteroatoms. The molecule has 2 amide bonds. The highest BCUT2D eigenvalue weighted by molar-refractivity contribution is 6.09. The second-order valence-electron chi connectivity index (χ2n) is 9.84. The van der Waals surface area contributed by atoms with E-state index in [0.717, 1.165) is 42.9 Å². The van der Waals surface area contributed by atoms with Crippen molar-refractivity contribution in [2.45, 2.75) is 37.0 Å². The van der Waals surface area contributed by atoms with Gasteiger partial charge in [0.05, 0.1) is 5.69 Å². The lowest BCUT2D eigenvalue weighted by atomic mass is 9.98. The fourth-order valence-corrected chi connectivity index (χ4v) is 6.63. The number of piperidine rings is 1. The van der Waals surface area contributed by atoms with E-state index in [-0.39, 0.29) is 11.9 Å². The van der Waals surface area contributed by atoms with Crippen molar-refractivity contribution < 1.29 is 14.7 Å². The average Bonchev–Trinajstić information content (AvgIpc) is 3.38. The number of likely N-dealkylation sites (N-methyl/N-ethyl adjacent to an activating group) is 2. The lowest BCUT2D eigenvalue weighted by molar-refractivity contribution is -0.130. The first-order chi connectivity index (χ1) is 17.0. The van der Waals surface area contributed by atoms with Crippen LogP contribution in [0.3, 0.4) is 0 Å². The van der Waals surface area contributed by atoms with Gasteiger partial charge in [0.25, 0.3) is 5.91 Å². The smallest absolute Gasteiger partial charge is 0.409 e. The summed E-state index contributed by atoms with van der Waals surface area (Å²) in [6.45, 7) is 1.79. The number of rotatable bonds is 4.